The molecule has 110 valence electrons. The van der Waals surface area contributed by atoms with Gasteiger partial charge in [-0.2, -0.15) is 0 Å². The summed E-state index contributed by atoms with van der Waals surface area (Å²) >= 11 is 0. The van der Waals surface area contributed by atoms with Crippen molar-refractivity contribution in [2.75, 3.05) is 57.1 Å². The molecule has 0 unspecified atom stereocenters. The Bertz CT molecular complexity index is 473. The Balaban J connectivity index is 2.04. The van der Waals surface area contributed by atoms with Gasteiger partial charge in [0, 0.05) is 46.0 Å². The highest BCUT2D eigenvalue weighted by Gasteiger charge is 2.21. The highest BCUT2D eigenvalue weighted by atomic mass is 16.5. The number of anilines is 2. The summed E-state index contributed by atoms with van der Waals surface area (Å²) in [6, 6.07) is 1.43. The number of aromatic carboxylic acids is 1. The summed E-state index contributed by atoms with van der Waals surface area (Å²) < 4.78 is 5.06. The summed E-state index contributed by atoms with van der Waals surface area (Å²) in [5.41, 5.74) is 6.26. The van der Waals surface area contributed by atoms with Crippen molar-refractivity contribution in [1.82, 2.24) is 9.88 Å². The lowest BCUT2D eigenvalue weighted by atomic mass is 10.2. The fourth-order valence-electron chi connectivity index (χ4n) is 2.30. The highest BCUT2D eigenvalue weighted by molar-refractivity contribution is 5.96. The van der Waals surface area contributed by atoms with Crippen molar-refractivity contribution >= 4 is 17.5 Å². The van der Waals surface area contributed by atoms with E-state index in [0.717, 1.165) is 39.3 Å². The van der Waals surface area contributed by atoms with Gasteiger partial charge in [-0.3, -0.25) is 4.90 Å². The van der Waals surface area contributed by atoms with Gasteiger partial charge in [-0.1, -0.05) is 0 Å². The molecule has 0 bridgehead atoms. The van der Waals surface area contributed by atoms with Crippen LogP contribution in [0, 0.1) is 0 Å². The predicted octanol–water partition coefficient (Wildman–Crippen LogP) is 0.130. The zero-order valence-corrected chi connectivity index (χ0v) is 11.6. The first-order chi connectivity index (χ1) is 9.63. The van der Waals surface area contributed by atoms with Crippen LogP contribution >= 0.6 is 0 Å². The summed E-state index contributed by atoms with van der Waals surface area (Å²) in [6.45, 7) is 4.97. The van der Waals surface area contributed by atoms with E-state index < -0.39 is 5.97 Å². The Labute approximate surface area is 117 Å². The van der Waals surface area contributed by atoms with E-state index >= 15 is 0 Å². The van der Waals surface area contributed by atoms with Crippen LogP contribution in [0.3, 0.4) is 0 Å². The van der Waals surface area contributed by atoms with Crippen molar-refractivity contribution in [3.05, 3.63) is 17.8 Å². The van der Waals surface area contributed by atoms with Crippen LogP contribution in [0.4, 0.5) is 11.5 Å². The van der Waals surface area contributed by atoms with Gasteiger partial charge in [0.15, 0.2) is 5.82 Å². The normalized spacial score (nSPS) is 16.4. The summed E-state index contributed by atoms with van der Waals surface area (Å²) in [7, 11) is 1.69. The number of nitrogens with zero attached hydrogens (tertiary/aromatic N) is 3. The summed E-state index contributed by atoms with van der Waals surface area (Å²) in [5, 5.41) is 9.08. The third-order valence-electron chi connectivity index (χ3n) is 3.48. The minimum absolute atomic E-state index is 0.108. The fraction of sp³-hybridized carbons (Fsp3) is 0.538. The van der Waals surface area contributed by atoms with Gasteiger partial charge < -0.3 is 20.5 Å². The van der Waals surface area contributed by atoms with Crippen molar-refractivity contribution in [2.45, 2.75) is 0 Å². The molecule has 1 aromatic rings. The van der Waals surface area contributed by atoms with Crippen molar-refractivity contribution in [2.24, 2.45) is 0 Å². The molecule has 3 N–H and O–H groups in total. The van der Waals surface area contributed by atoms with Gasteiger partial charge in [0.05, 0.1) is 17.9 Å². The molecular weight excluding hydrogens is 260 g/mol. The average Bonchev–Trinajstić information content (AvgIpc) is 2.46. The highest BCUT2D eigenvalue weighted by Crippen LogP contribution is 2.24. The number of carboxylic acids is 1. The van der Waals surface area contributed by atoms with E-state index in [0.29, 0.717) is 5.82 Å². The topological polar surface area (TPSA) is 91.9 Å². The van der Waals surface area contributed by atoms with Crippen molar-refractivity contribution in [3.63, 3.8) is 0 Å². The van der Waals surface area contributed by atoms with Gasteiger partial charge in [-0.25, -0.2) is 9.78 Å². The first-order valence-corrected chi connectivity index (χ1v) is 6.57. The molecule has 1 aliphatic rings. The van der Waals surface area contributed by atoms with Gasteiger partial charge in [0.25, 0.3) is 0 Å². The molecule has 0 saturated carbocycles. The van der Waals surface area contributed by atoms with Crippen LogP contribution in [-0.2, 0) is 4.74 Å². The van der Waals surface area contributed by atoms with Crippen LogP contribution in [-0.4, -0.2) is 67.4 Å². The lowest BCUT2D eigenvalue weighted by molar-refractivity contribution is 0.0698. The van der Waals surface area contributed by atoms with E-state index in [2.05, 4.69) is 9.88 Å². The lowest BCUT2D eigenvalue weighted by Crippen LogP contribution is -2.47. The molecule has 2 rings (SSSR count). The molecule has 1 fully saturated rings. The Hall–Kier alpha value is -1.86. The van der Waals surface area contributed by atoms with E-state index in [9.17, 15) is 4.79 Å². The zero-order chi connectivity index (χ0) is 14.5. The van der Waals surface area contributed by atoms with E-state index in [4.69, 9.17) is 15.6 Å². The van der Waals surface area contributed by atoms with Gasteiger partial charge in [-0.15, -0.1) is 0 Å². The number of carbonyl (C=O) groups is 1. The maximum Gasteiger partial charge on any atom is 0.337 e. The zero-order valence-electron chi connectivity index (χ0n) is 11.6. The van der Waals surface area contributed by atoms with Gasteiger partial charge in [0.1, 0.15) is 0 Å². The largest absolute Gasteiger partial charge is 0.478 e. The molecule has 0 spiro atoms. The molecule has 20 heavy (non-hydrogen) atoms. The first-order valence-electron chi connectivity index (χ1n) is 6.57. The van der Waals surface area contributed by atoms with Crippen molar-refractivity contribution in [1.29, 1.82) is 0 Å². The maximum absolute atomic E-state index is 11.1. The van der Waals surface area contributed by atoms with E-state index in [1.807, 2.05) is 4.90 Å². The van der Waals surface area contributed by atoms with Gasteiger partial charge >= 0.3 is 5.97 Å². The monoisotopic (exact) mass is 280 g/mol. The molecule has 0 aromatic carbocycles. The number of piperazine rings is 1. The van der Waals surface area contributed by atoms with Crippen LogP contribution in [0.1, 0.15) is 10.4 Å². The molecule has 0 atom stereocenters. The molecule has 1 aromatic heterocycles. The third-order valence-corrected chi connectivity index (χ3v) is 3.48. The first kappa shape index (κ1) is 14.5. The average molecular weight is 280 g/mol. The number of hydrogen-bond acceptors (Lipinski definition) is 6. The maximum atomic E-state index is 11.1. The van der Waals surface area contributed by atoms with Crippen LogP contribution < -0.4 is 10.6 Å². The molecular formula is C13H20N4O3. The molecule has 7 heteroatoms. The second-order valence-corrected chi connectivity index (χ2v) is 4.72. The number of ether oxygens (including phenoxy) is 1. The number of nitrogens with two attached hydrogens (primary N) is 1. The van der Waals surface area contributed by atoms with Crippen LogP contribution in [0.25, 0.3) is 0 Å². The molecule has 7 nitrogen and oxygen atoms in total. The second-order valence-electron chi connectivity index (χ2n) is 4.72. The van der Waals surface area contributed by atoms with Crippen molar-refractivity contribution in [3.8, 4) is 0 Å². The number of aromatic nitrogens is 1. The standard InChI is InChI=1S/C13H20N4O3/c1-20-9-8-16-4-6-17(7-5-16)12-11(14)10(13(18)19)2-3-15-12/h2-3H,4-9,14H2,1H3,(H,18,19). The molecule has 0 radical (unpaired) electrons. The third kappa shape index (κ3) is 3.17. The number of methoxy groups -OCH3 is 1. The Morgan fingerprint density at radius 2 is 2.15 bits per heavy atom. The van der Waals surface area contributed by atoms with E-state index in [-0.39, 0.29) is 11.3 Å². The molecule has 1 saturated heterocycles. The lowest BCUT2D eigenvalue weighted by Gasteiger charge is -2.35. The molecule has 1 aliphatic heterocycles. The Morgan fingerprint density at radius 3 is 2.75 bits per heavy atom. The van der Waals surface area contributed by atoms with Crippen molar-refractivity contribution < 1.29 is 14.6 Å². The van der Waals surface area contributed by atoms with E-state index in [1.54, 1.807) is 7.11 Å². The predicted molar refractivity (Wildman–Crippen MR) is 76.1 cm³/mol. The number of nitrogen functional groups attached to an aromatic ring is 1. The van der Waals surface area contributed by atoms with Gasteiger partial charge in [0.2, 0.25) is 0 Å². The Morgan fingerprint density at radius 1 is 1.45 bits per heavy atom. The number of carboxylic acid groups (broad SMARTS) is 1. The quantitative estimate of drug-likeness (QED) is 0.792. The SMILES string of the molecule is COCCN1CCN(c2nccc(C(=O)O)c2N)CC1. The van der Waals surface area contributed by atoms with Crippen LogP contribution in [0.15, 0.2) is 12.3 Å². The number of rotatable bonds is 5. The molecule has 2 heterocycles. The minimum Gasteiger partial charge on any atom is -0.478 e. The summed E-state index contributed by atoms with van der Waals surface area (Å²) in [4.78, 5) is 19.6. The van der Waals surface area contributed by atoms with Crippen LogP contribution in [0.2, 0.25) is 0 Å². The van der Waals surface area contributed by atoms with E-state index in [1.165, 1.54) is 12.3 Å². The Kier molecular flexibility index (Phi) is 4.75. The fourth-order valence-corrected chi connectivity index (χ4v) is 2.30. The number of pyridine rings is 1. The summed E-state index contributed by atoms with van der Waals surface area (Å²) in [6.07, 6.45) is 1.49. The van der Waals surface area contributed by atoms with Gasteiger partial charge in [-0.05, 0) is 6.07 Å². The smallest absolute Gasteiger partial charge is 0.337 e. The summed E-state index contributed by atoms with van der Waals surface area (Å²) in [5.74, 6) is -0.457. The molecule has 0 amide bonds. The van der Waals surface area contributed by atoms with Crippen LogP contribution in [0.5, 0.6) is 0 Å². The number of hydrogen-bond donors (Lipinski definition) is 2. The second kappa shape index (κ2) is 6.53. The molecule has 0 aliphatic carbocycles. The minimum atomic E-state index is -1.02.